The minimum Gasteiger partial charge on any atom is -0.464 e. The Balaban J connectivity index is 1.24. The van der Waals surface area contributed by atoms with Gasteiger partial charge in [-0.05, 0) is 72.7 Å². The van der Waals surface area contributed by atoms with Crippen LogP contribution in [0.4, 0.5) is 13.2 Å². The largest absolute Gasteiger partial charge is 0.464 e. The van der Waals surface area contributed by atoms with E-state index in [2.05, 4.69) is 6.07 Å². The molecular weight excluding hydrogens is 503 g/mol. The van der Waals surface area contributed by atoms with Crippen LogP contribution in [0.15, 0.2) is 77.4 Å². The number of carbonyl (C=O) groups excluding carboxylic acids is 1. The number of fused-ring (bicyclic) bond motifs is 2. The Hall–Kier alpha value is -4.07. The number of benzene rings is 3. The number of carbonyl (C=O) groups is 1. The zero-order valence-electron chi connectivity index (χ0n) is 21.1. The lowest BCUT2D eigenvalue weighted by Gasteiger charge is -2.18. The molecule has 0 unspecified atom stereocenters. The zero-order chi connectivity index (χ0) is 26.7. The number of imidazole rings is 1. The number of halogens is 3. The first-order valence-corrected chi connectivity index (χ1v) is 13.3. The minimum atomic E-state index is -4.44. The van der Waals surface area contributed by atoms with Crippen LogP contribution in [0, 0.1) is 11.8 Å². The van der Waals surface area contributed by atoms with Gasteiger partial charge < -0.3 is 13.9 Å². The van der Waals surface area contributed by atoms with Crippen LogP contribution in [0.25, 0.3) is 44.5 Å². The van der Waals surface area contributed by atoms with Crippen molar-refractivity contribution in [3.05, 3.63) is 78.6 Å². The zero-order valence-corrected chi connectivity index (χ0v) is 21.1. The average molecular weight is 530 g/mol. The summed E-state index contributed by atoms with van der Waals surface area (Å²) in [5.41, 5.74) is 4.02. The molecule has 5 aromatic rings. The Labute approximate surface area is 222 Å². The van der Waals surface area contributed by atoms with E-state index in [4.69, 9.17) is 9.40 Å². The van der Waals surface area contributed by atoms with Gasteiger partial charge in [0.25, 0.3) is 0 Å². The van der Waals surface area contributed by atoms with Crippen molar-refractivity contribution in [1.82, 2.24) is 14.5 Å². The van der Waals surface area contributed by atoms with Crippen molar-refractivity contribution in [1.29, 1.82) is 0 Å². The normalized spacial score (nSPS) is 17.9. The van der Waals surface area contributed by atoms with Crippen LogP contribution in [0.2, 0.25) is 0 Å². The van der Waals surface area contributed by atoms with Gasteiger partial charge in [0.2, 0.25) is 5.91 Å². The summed E-state index contributed by atoms with van der Waals surface area (Å²) < 4.78 is 48.2. The number of rotatable bonds is 5. The summed E-state index contributed by atoms with van der Waals surface area (Å²) in [6.45, 7) is 1.83. The quantitative estimate of drug-likeness (QED) is 0.239. The van der Waals surface area contributed by atoms with Gasteiger partial charge >= 0.3 is 6.18 Å². The fourth-order valence-electron chi connectivity index (χ4n) is 5.69. The third kappa shape index (κ3) is 4.47. The molecule has 1 saturated heterocycles. The molecule has 7 rings (SSSR count). The number of nitrogens with zero attached hydrogens (tertiary/aromatic N) is 3. The first-order valence-electron chi connectivity index (χ1n) is 13.3. The smallest absolute Gasteiger partial charge is 0.416 e. The van der Waals surface area contributed by atoms with Crippen LogP contribution in [-0.4, -0.2) is 33.4 Å². The van der Waals surface area contributed by atoms with Crippen LogP contribution in [0.3, 0.4) is 0 Å². The molecule has 5 nitrogen and oxygen atoms in total. The van der Waals surface area contributed by atoms with Gasteiger partial charge in [-0.15, -0.1) is 0 Å². The third-order valence-electron chi connectivity index (χ3n) is 7.97. The van der Waals surface area contributed by atoms with Gasteiger partial charge in [-0.25, -0.2) is 4.98 Å². The summed E-state index contributed by atoms with van der Waals surface area (Å²) in [6.07, 6.45) is -0.0312. The standard InChI is InChI=1S/C31H26F3N3O2/c32-31(33,34)25-8-9-26-27(16-25)37(18-19-11-13-36(17-19)30(38)22-5-6-22)29(35-26)21-3-1-20(2-4-21)23-7-10-28-24(15-23)12-14-39-28/h1-4,7-10,12,14-16,19,22H,5-6,11,13,17-18H2/t19-/m0/s1. The maximum absolute atomic E-state index is 13.6. The topological polar surface area (TPSA) is 51.3 Å². The van der Waals surface area contributed by atoms with Crippen LogP contribution in [0.5, 0.6) is 0 Å². The Morgan fingerprint density at radius 1 is 0.923 bits per heavy atom. The first-order chi connectivity index (χ1) is 18.8. The molecular formula is C31H26F3N3O2. The third-order valence-corrected chi connectivity index (χ3v) is 7.97. The molecule has 1 aliphatic heterocycles. The Kier molecular flexibility index (Phi) is 5.54. The van der Waals surface area contributed by atoms with E-state index < -0.39 is 11.7 Å². The number of likely N-dealkylation sites (tertiary alicyclic amines) is 1. The van der Waals surface area contributed by atoms with Gasteiger partial charge in [-0.2, -0.15) is 13.2 Å². The molecule has 1 atom stereocenters. The highest BCUT2D eigenvalue weighted by Gasteiger charge is 2.37. The number of hydrogen-bond donors (Lipinski definition) is 0. The van der Waals surface area contributed by atoms with Gasteiger partial charge in [0.1, 0.15) is 11.4 Å². The van der Waals surface area contributed by atoms with Gasteiger partial charge in [0, 0.05) is 36.5 Å². The van der Waals surface area contributed by atoms with Crippen molar-refractivity contribution in [3.8, 4) is 22.5 Å². The summed E-state index contributed by atoms with van der Waals surface area (Å²) in [5.74, 6) is 1.17. The predicted molar refractivity (Wildman–Crippen MR) is 143 cm³/mol. The van der Waals surface area contributed by atoms with Gasteiger partial charge in [0.05, 0.1) is 22.9 Å². The fourth-order valence-corrected chi connectivity index (χ4v) is 5.69. The van der Waals surface area contributed by atoms with Crippen molar-refractivity contribution < 1.29 is 22.4 Å². The van der Waals surface area contributed by atoms with E-state index in [1.807, 2.05) is 51.9 Å². The maximum Gasteiger partial charge on any atom is 0.416 e. The van der Waals surface area contributed by atoms with Crippen LogP contribution in [0.1, 0.15) is 24.8 Å². The van der Waals surface area contributed by atoms with Gasteiger partial charge in [0.15, 0.2) is 0 Å². The molecule has 2 aromatic heterocycles. The van der Waals surface area contributed by atoms with Crippen molar-refractivity contribution >= 4 is 27.9 Å². The van der Waals surface area contributed by atoms with E-state index >= 15 is 0 Å². The number of hydrogen-bond acceptors (Lipinski definition) is 3. The monoisotopic (exact) mass is 529 g/mol. The molecule has 3 aromatic carbocycles. The Morgan fingerprint density at radius 2 is 1.69 bits per heavy atom. The molecule has 0 radical (unpaired) electrons. The summed E-state index contributed by atoms with van der Waals surface area (Å²) in [5, 5.41) is 1.02. The highest BCUT2D eigenvalue weighted by molar-refractivity contribution is 5.85. The van der Waals surface area contributed by atoms with Crippen molar-refractivity contribution in [3.63, 3.8) is 0 Å². The van der Waals surface area contributed by atoms with Gasteiger partial charge in [-0.1, -0.05) is 30.3 Å². The summed E-state index contributed by atoms with van der Waals surface area (Å²) in [4.78, 5) is 19.3. The summed E-state index contributed by atoms with van der Waals surface area (Å²) >= 11 is 0. The van der Waals surface area contributed by atoms with E-state index in [0.29, 0.717) is 36.5 Å². The Bertz CT molecular complexity index is 1700. The number of alkyl halides is 3. The number of furan rings is 1. The molecule has 0 bridgehead atoms. The van der Waals surface area contributed by atoms with Crippen molar-refractivity contribution in [2.45, 2.75) is 32.0 Å². The average Bonchev–Trinajstić information content (AvgIpc) is 3.33. The van der Waals surface area contributed by atoms with E-state index in [1.165, 1.54) is 12.1 Å². The van der Waals surface area contributed by atoms with Crippen LogP contribution in [-0.2, 0) is 17.5 Å². The lowest BCUT2D eigenvalue weighted by Crippen LogP contribution is -2.30. The molecule has 1 aliphatic carbocycles. The molecule has 0 N–H and O–H groups in total. The van der Waals surface area contributed by atoms with Crippen molar-refractivity contribution in [2.75, 3.05) is 13.1 Å². The lowest BCUT2D eigenvalue weighted by atomic mass is 10.0. The van der Waals surface area contributed by atoms with E-state index in [9.17, 15) is 18.0 Å². The second-order valence-electron chi connectivity index (χ2n) is 10.7. The molecule has 2 aliphatic rings. The molecule has 1 saturated carbocycles. The van der Waals surface area contributed by atoms with Crippen LogP contribution >= 0.6 is 0 Å². The van der Waals surface area contributed by atoms with Gasteiger partial charge in [-0.3, -0.25) is 4.79 Å². The molecule has 198 valence electrons. The fraction of sp³-hybridized carbons (Fsp3) is 0.290. The van der Waals surface area contributed by atoms with E-state index in [1.54, 1.807) is 6.26 Å². The van der Waals surface area contributed by atoms with E-state index in [0.717, 1.165) is 53.0 Å². The highest BCUT2D eigenvalue weighted by Crippen LogP contribution is 2.36. The molecule has 39 heavy (non-hydrogen) atoms. The SMILES string of the molecule is O=C(C1CC1)N1CC[C@H](Cn2c(-c3ccc(-c4ccc5occc5c4)cc3)nc3ccc(C(F)(F)F)cc32)C1. The summed E-state index contributed by atoms with van der Waals surface area (Å²) in [6, 6.07) is 19.6. The summed E-state index contributed by atoms with van der Waals surface area (Å²) in [7, 11) is 0. The molecule has 3 heterocycles. The Morgan fingerprint density at radius 3 is 2.46 bits per heavy atom. The molecule has 0 spiro atoms. The lowest BCUT2D eigenvalue weighted by molar-refractivity contribution is -0.137. The van der Waals surface area contributed by atoms with E-state index in [-0.39, 0.29) is 17.7 Å². The second-order valence-corrected chi connectivity index (χ2v) is 10.7. The molecule has 8 heteroatoms. The highest BCUT2D eigenvalue weighted by atomic mass is 19.4. The second kappa shape index (κ2) is 9.00. The molecule has 1 amide bonds. The molecule has 2 fully saturated rings. The van der Waals surface area contributed by atoms with Crippen LogP contribution < -0.4 is 0 Å². The number of aromatic nitrogens is 2. The minimum absolute atomic E-state index is 0.152. The van der Waals surface area contributed by atoms with Crippen molar-refractivity contribution in [2.24, 2.45) is 11.8 Å². The first kappa shape index (κ1) is 24.0. The predicted octanol–water partition coefficient (Wildman–Crippen LogP) is 7.39. The number of amides is 1. The maximum atomic E-state index is 13.6.